The fourth-order valence-electron chi connectivity index (χ4n) is 2.30. The van der Waals surface area contributed by atoms with Crippen LogP contribution >= 0.6 is 22.9 Å². The molecule has 1 N–H and O–H groups in total. The molecule has 0 spiro atoms. The number of nitrogens with zero attached hydrogens (tertiary/aromatic N) is 1. The van der Waals surface area contributed by atoms with Crippen molar-refractivity contribution in [1.29, 1.82) is 0 Å². The van der Waals surface area contributed by atoms with Crippen LogP contribution in [0.15, 0.2) is 30.3 Å². The zero-order chi connectivity index (χ0) is 13.4. The topological polar surface area (TPSA) is 40.5 Å². The summed E-state index contributed by atoms with van der Waals surface area (Å²) >= 11 is 7.16. The van der Waals surface area contributed by atoms with Crippen LogP contribution in [0.4, 0.5) is 0 Å². The summed E-state index contributed by atoms with van der Waals surface area (Å²) in [7, 11) is 0. The predicted molar refractivity (Wildman–Crippen MR) is 75.9 cm³/mol. The van der Waals surface area contributed by atoms with E-state index < -0.39 is 0 Å². The van der Waals surface area contributed by atoms with Gasteiger partial charge >= 0.3 is 0 Å². The minimum absolute atomic E-state index is 0.00546. The first kappa shape index (κ1) is 12.5. The molecule has 0 fully saturated rings. The second-order valence-corrected chi connectivity index (χ2v) is 6.25. The molecule has 5 heteroatoms. The normalized spacial score (nSPS) is 14.3. The Morgan fingerprint density at radius 3 is 2.84 bits per heavy atom. The molecule has 0 saturated carbocycles. The van der Waals surface area contributed by atoms with E-state index in [0.29, 0.717) is 22.3 Å². The molecule has 2 heterocycles. The Labute approximate surface area is 120 Å². The number of phenolic OH excluding ortho intramolecular Hbond substituents is 1. The SMILES string of the molecule is O=C(c1ccc(Cl)s1)N1CCc2ccc(O)cc2C1. The van der Waals surface area contributed by atoms with Crippen molar-refractivity contribution < 1.29 is 9.90 Å². The molecule has 1 aromatic carbocycles. The van der Waals surface area contributed by atoms with E-state index >= 15 is 0 Å². The first-order valence-electron chi connectivity index (χ1n) is 5.99. The molecule has 98 valence electrons. The number of phenols is 1. The first-order valence-corrected chi connectivity index (χ1v) is 7.18. The quantitative estimate of drug-likeness (QED) is 0.876. The van der Waals surface area contributed by atoms with E-state index in [4.69, 9.17) is 11.6 Å². The van der Waals surface area contributed by atoms with E-state index in [0.717, 1.165) is 12.0 Å². The van der Waals surface area contributed by atoms with Gasteiger partial charge in [0.1, 0.15) is 5.75 Å². The Morgan fingerprint density at radius 2 is 2.11 bits per heavy atom. The van der Waals surface area contributed by atoms with Crippen LogP contribution in [0, 0.1) is 0 Å². The summed E-state index contributed by atoms with van der Waals surface area (Å²) in [6.45, 7) is 1.24. The van der Waals surface area contributed by atoms with Gasteiger partial charge in [-0.15, -0.1) is 11.3 Å². The van der Waals surface area contributed by atoms with Crippen molar-refractivity contribution in [3.05, 3.63) is 50.7 Å². The van der Waals surface area contributed by atoms with Gasteiger partial charge in [0.25, 0.3) is 5.91 Å². The lowest BCUT2D eigenvalue weighted by atomic mass is 9.99. The van der Waals surface area contributed by atoms with Crippen LogP contribution in [-0.4, -0.2) is 22.5 Å². The minimum atomic E-state index is 0.00546. The van der Waals surface area contributed by atoms with Crippen LogP contribution < -0.4 is 0 Å². The van der Waals surface area contributed by atoms with E-state index in [2.05, 4.69) is 0 Å². The monoisotopic (exact) mass is 293 g/mol. The van der Waals surface area contributed by atoms with Crippen LogP contribution in [0.25, 0.3) is 0 Å². The van der Waals surface area contributed by atoms with Crippen LogP contribution in [0.5, 0.6) is 5.75 Å². The van der Waals surface area contributed by atoms with Gasteiger partial charge in [-0.1, -0.05) is 17.7 Å². The van der Waals surface area contributed by atoms with E-state index in [1.165, 1.54) is 16.9 Å². The summed E-state index contributed by atoms with van der Waals surface area (Å²) in [5, 5.41) is 9.51. The number of amides is 1. The molecule has 19 heavy (non-hydrogen) atoms. The third-order valence-electron chi connectivity index (χ3n) is 3.27. The number of hydrogen-bond acceptors (Lipinski definition) is 3. The highest BCUT2D eigenvalue weighted by atomic mass is 35.5. The average Bonchev–Trinajstić information content (AvgIpc) is 2.83. The molecule has 1 aliphatic rings. The Balaban J connectivity index is 1.83. The lowest BCUT2D eigenvalue weighted by Gasteiger charge is -2.28. The smallest absolute Gasteiger partial charge is 0.264 e. The molecule has 1 aromatic heterocycles. The Morgan fingerprint density at radius 1 is 1.26 bits per heavy atom. The van der Waals surface area contributed by atoms with Crippen molar-refractivity contribution in [1.82, 2.24) is 4.90 Å². The fraction of sp³-hybridized carbons (Fsp3) is 0.214. The highest BCUT2D eigenvalue weighted by Crippen LogP contribution is 2.27. The van der Waals surface area contributed by atoms with E-state index in [1.807, 2.05) is 6.07 Å². The molecule has 0 aliphatic carbocycles. The van der Waals surface area contributed by atoms with Gasteiger partial charge in [0.05, 0.1) is 9.21 Å². The van der Waals surface area contributed by atoms with Crippen molar-refractivity contribution in [2.75, 3.05) is 6.54 Å². The molecule has 1 amide bonds. The number of benzene rings is 1. The van der Waals surface area contributed by atoms with Gasteiger partial charge in [0.15, 0.2) is 0 Å². The first-order chi connectivity index (χ1) is 9.13. The largest absolute Gasteiger partial charge is 0.508 e. The predicted octanol–water partition coefficient (Wildman–Crippen LogP) is 3.31. The van der Waals surface area contributed by atoms with Gasteiger partial charge < -0.3 is 10.0 Å². The molecule has 3 nitrogen and oxygen atoms in total. The van der Waals surface area contributed by atoms with E-state index in [1.54, 1.807) is 29.2 Å². The van der Waals surface area contributed by atoms with Crippen LogP contribution in [0.1, 0.15) is 20.8 Å². The Kier molecular flexibility index (Phi) is 3.21. The van der Waals surface area contributed by atoms with E-state index in [9.17, 15) is 9.90 Å². The third kappa shape index (κ3) is 2.46. The number of hydrogen-bond donors (Lipinski definition) is 1. The number of carbonyl (C=O) groups is 1. The lowest BCUT2D eigenvalue weighted by molar-refractivity contribution is 0.0739. The van der Waals surface area contributed by atoms with Crippen molar-refractivity contribution in [2.45, 2.75) is 13.0 Å². The third-order valence-corrected chi connectivity index (χ3v) is 4.49. The average molecular weight is 294 g/mol. The highest BCUT2D eigenvalue weighted by Gasteiger charge is 2.22. The van der Waals surface area contributed by atoms with Gasteiger partial charge in [-0.05, 0) is 41.8 Å². The maximum Gasteiger partial charge on any atom is 0.264 e. The highest BCUT2D eigenvalue weighted by molar-refractivity contribution is 7.17. The van der Waals surface area contributed by atoms with Crippen LogP contribution in [-0.2, 0) is 13.0 Å². The standard InChI is InChI=1S/C14H12ClNO2S/c15-13-4-3-12(19-13)14(18)16-6-5-9-1-2-11(17)7-10(9)8-16/h1-4,7,17H,5-6,8H2. The maximum absolute atomic E-state index is 12.3. The summed E-state index contributed by atoms with van der Waals surface area (Å²) in [6.07, 6.45) is 0.820. The second-order valence-electron chi connectivity index (χ2n) is 4.53. The van der Waals surface area contributed by atoms with Crippen molar-refractivity contribution in [3.63, 3.8) is 0 Å². The van der Waals surface area contributed by atoms with Crippen molar-refractivity contribution in [2.24, 2.45) is 0 Å². The number of thiophene rings is 1. The molecule has 0 atom stereocenters. The minimum Gasteiger partial charge on any atom is -0.508 e. The lowest BCUT2D eigenvalue weighted by Crippen LogP contribution is -2.35. The number of fused-ring (bicyclic) bond motifs is 1. The zero-order valence-corrected chi connectivity index (χ0v) is 11.7. The van der Waals surface area contributed by atoms with Gasteiger partial charge in [0, 0.05) is 13.1 Å². The molecule has 0 unspecified atom stereocenters. The number of aromatic hydroxyl groups is 1. The van der Waals surface area contributed by atoms with Gasteiger partial charge in [-0.25, -0.2) is 0 Å². The van der Waals surface area contributed by atoms with Gasteiger partial charge in [0.2, 0.25) is 0 Å². The number of rotatable bonds is 1. The second kappa shape index (κ2) is 4.87. The number of halogens is 1. The van der Waals surface area contributed by atoms with Crippen molar-refractivity contribution >= 4 is 28.8 Å². The molecular formula is C14H12ClNO2S. The molecule has 0 bridgehead atoms. The molecule has 3 rings (SSSR count). The molecule has 1 aliphatic heterocycles. The summed E-state index contributed by atoms with van der Waals surface area (Å²) in [6, 6.07) is 8.84. The molecule has 2 aromatic rings. The van der Waals surface area contributed by atoms with Crippen molar-refractivity contribution in [3.8, 4) is 5.75 Å². The summed E-state index contributed by atoms with van der Waals surface area (Å²) in [5.41, 5.74) is 2.22. The fourth-order valence-corrected chi connectivity index (χ4v) is 3.31. The van der Waals surface area contributed by atoms with Crippen LogP contribution in [0.2, 0.25) is 4.34 Å². The van der Waals surface area contributed by atoms with E-state index in [-0.39, 0.29) is 11.7 Å². The number of carbonyl (C=O) groups excluding carboxylic acids is 1. The van der Waals surface area contributed by atoms with Crippen LogP contribution in [0.3, 0.4) is 0 Å². The molecule has 0 radical (unpaired) electrons. The summed E-state index contributed by atoms with van der Waals surface area (Å²) in [5.74, 6) is 0.248. The molecule has 0 saturated heterocycles. The maximum atomic E-state index is 12.3. The Hall–Kier alpha value is -1.52. The van der Waals surface area contributed by atoms with Gasteiger partial charge in [-0.3, -0.25) is 4.79 Å². The summed E-state index contributed by atoms with van der Waals surface area (Å²) in [4.78, 5) is 14.8. The zero-order valence-electron chi connectivity index (χ0n) is 10.1. The molecular weight excluding hydrogens is 282 g/mol. The summed E-state index contributed by atoms with van der Waals surface area (Å²) < 4.78 is 0.624. The van der Waals surface area contributed by atoms with Gasteiger partial charge in [-0.2, -0.15) is 0 Å². The Bertz CT molecular complexity index is 638.